The molecule has 16 heavy (non-hydrogen) atoms. The molecule has 0 bridgehead atoms. The Morgan fingerprint density at radius 2 is 1.94 bits per heavy atom. The van der Waals surface area contributed by atoms with Crippen LogP contribution in [-0.2, 0) is 4.79 Å². The quantitative estimate of drug-likeness (QED) is 0.787. The first-order valence-electron chi connectivity index (χ1n) is 6.08. The molecule has 4 nitrogen and oxygen atoms in total. The summed E-state index contributed by atoms with van der Waals surface area (Å²) in [4.78, 5) is 15.7. The summed E-state index contributed by atoms with van der Waals surface area (Å²) in [5.74, 6) is -0.728. The van der Waals surface area contributed by atoms with Gasteiger partial charge in [-0.25, -0.2) is 0 Å². The zero-order valence-corrected chi connectivity index (χ0v) is 10.9. The van der Waals surface area contributed by atoms with E-state index in [0.717, 1.165) is 32.5 Å². The Hall–Kier alpha value is -0.610. The molecule has 1 aliphatic rings. The number of aliphatic carboxylic acids is 1. The normalized spacial score (nSPS) is 20.3. The van der Waals surface area contributed by atoms with E-state index in [2.05, 4.69) is 16.8 Å². The number of carbonyl (C=O) groups is 1. The van der Waals surface area contributed by atoms with E-state index in [4.69, 9.17) is 0 Å². The molecule has 0 atom stereocenters. The monoisotopic (exact) mass is 228 g/mol. The van der Waals surface area contributed by atoms with Crippen molar-refractivity contribution in [1.82, 2.24) is 9.80 Å². The Labute approximate surface area is 98.2 Å². The van der Waals surface area contributed by atoms with Crippen LogP contribution in [0.2, 0.25) is 0 Å². The number of nitrogens with zero attached hydrogens (tertiary/aromatic N) is 2. The highest BCUT2D eigenvalue weighted by Crippen LogP contribution is 2.24. The largest absolute Gasteiger partial charge is 0.480 e. The van der Waals surface area contributed by atoms with Crippen molar-refractivity contribution in [1.29, 1.82) is 0 Å². The Bertz CT molecular complexity index is 245. The van der Waals surface area contributed by atoms with Gasteiger partial charge in [-0.15, -0.1) is 0 Å². The summed E-state index contributed by atoms with van der Waals surface area (Å²) in [6.45, 7) is 8.58. The van der Waals surface area contributed by atoms with Gasteiger partial charge in [-0.1, -0.05) is 6.92 Å². The molecule has 0 radical (unpaired) electrons. The summed E-state index contributed by atoms with van der Waals surface area (Å²) in [5.41, 5.74) is -0.755. The van der Waals surface area contributed by atoms with Crippen molar-refractivity contribution >= 4 is 5.97 Å². The van der Waals surface area contributed by atoms with Gasteiger partial charge in [0.2, 0.25) is 0 Å². The van der Waals surface area contributed by atoms with Crippen molar-refractivity contribution in [2.24, 2.45) is 0 Å². The molecule has 4 heteroatoms. The van der Waals surface area contributed by atoms with E-state index < -0.39 is 11.5 Å². The third kappa shape index (κ3) is 2.74. The SMILES string of the molecule is CCN(C1CCN(C)CC1)C(C)(C)C(=O)O. The molecular formula is C12H24N2O2. The standard InChI is InChI=1S/C12H24N2O2/c1-5-14(12(2,3)11(15)16)10-6-8-13(4)9-7-10/h10H,5-9H2,1-4H3,(H,15,16). The lowest BCUT2D eigenvalue weighted by Gasteiger charge is -2.43. The van der Waals surface area contributed by atoms with Crippen molar-refractivity contribution in [3.63, 3.8) is 0 Å². The van der Waals surface area contributed by atoms with Crippen LogP contribution in [0.15, 0.2) is 0 Å². The zero-order valence-electron chi connectivity index (χ0n) is 10.9. The fourth-order valence-electron chi connectivity index (χ4n) is 2.54. The van der Waals surface area contributed by atoms with Crippen LogP contribution in [0.3, 0.4) is 0 Å². The average molecular weight is 228 g/mol. The topological polar surface area (TPSA) is 43.8 Å². The van der Waals surface area contributed by atoms with Gasteiger partial charge >= 0.3 is 5.97 Å². The van der Waals surface area contributed by atoms with Crippen LogP contribution < -0.4 is 0 Å². The predicted octanol–water partition coefficient (Wildman–Crippen LogP) is 1.27. The summed E-state index contributed by atoms with van der Waals surface area (Å²) >= 11 is 0. The van der Waals surface area contributed by atoms with E-state index in [0.29, 0.717) is 6.04 Å². The third-order valence-corrected chi connectivity index (χ3v) is 3.71. The Morgan fingerprint density at radius 3 is 2.31 bits per heavy atom. The summed E-state index contributed by atoms with van der Waals surface area (Å²) in [7, 11) is 2.12. The molecule has 94 valence electrons. The molecule has 0 saturated carbocycles. The minimum atomic E-state index is -0.755. The van der Waals surface area contributed by atoms with Crippen LogP contribution in [0.1, 0.15) is 33.6 Å². The Kier molecular flexibility index (Phi) is 4.33. The molecule has 0 unspecified atom stereocenters. The lowest BCUT2D eigenvalue weighted by Crippen LogP contribution is -2.56. The second kappa shape index (κ2) is 5.15. The van der Waals surface area contributed by atoms with Gasteiger partial charge < -0.3 is 10.0 Å². The van der Waals surface area contributed by atoms with Crippen LogP contribution >= 0.6 is 0 Å². The molecule has 0 aromatic rings. The highest BCUT2D eigenvalue weighted by Gasteiger charge is 2.38. The van der Waals surface area contributed by atoms with Crippen molar-refractivity contribution < 1.29 is 9.90 Å². The minimum Gasteiger partial charge on any atom is -0.480 e. The number of hydrogen-bond donors (Lipinski definition) is 1. The molecule has 1 saturated heterocycles. The lowest BCUT2D eigenvalue weighted by atomic mass is 9.95. The lowest BCUT2D eigenvalue weighted by molar-refractivity contribution is -0.151. The number of likely N-dealkylation sites (N-methyl/N-ethyl adjacent to an activating group) is 1. The van der Waals surface area contributed by atoms with Gasteiger partial charge in [-0.3, -0.25) is 9.69 Å². The molecule has 0 amide bonds. The van der Waals surface area contributed by atoms with Crippen molar-refractivity contribution in [3.8, 4) is 0 Å². The molecule has 1 rings (SSSR count). The van der Waals surface area contributed by atoms with Crippen LogP contribution in [0.25, 0.3) is 0 Å². The summed E-state index contributed by atoms with van der Waals surface area (Å²) in [6.07, 6.45) is 2.14. The van der Waals surface area contributed by atoms with E-state index in [-0.39, 0.29) is 0 Å². The third-order valence-electron chi connectivity index (χ3n) is 3.71. The van der Waals surface area contributed by atoms with Crippen LogP contribution in [0.5, 0.6) is 0 Å². The first-order chi connectivity index (χ1) is 7.39. The van der Waals surface area contributed by atoms with Crippen molar-refractivity contribution in [2.75, 3.05) is 26.7 Å². The van der Waals surface area contributed by atoms with Gasteiger partial charge in [0.15, 0.2) is 0 Å². The summed E-state index contributed by atoms with van der Waals surface area (Å²) in [5, 5.41) is 9.27. The average Bonchev–Trinajstić information content (AvgIpc) is 2.21. The number of carboxylic acid groups (broad SMARTS) is 1. The number of hydrogen-bond acceptors (Lipinski definition) is 3. The summed E-state index contributed by atoms with van der Waals surface area (Å²) in [6, 6.07) is 0.410. The maximum absolute atomic E-state index is 11.3. The van der Waals surface area contributed by atoms with Crippen LogP contribution in [-0.4, -0.2) is 59.1 Å². The van der Waals surface area contributed by atoms with Crippen LogP contribution in [0, 0.1) is 0 Å². The number of piperidine rings is 1. The van der Waals surface area contributed by atoms with E-state index in [1.165, 1.54) is 0 Å². The van der Waals surface area contributed by atoms with E-state index in [1.807, 2.05) is 6.92 Å². The minimum absolute atomic E-state index is 0.410. The van der Waals surface area contributed by atoms with E-state index >= 15 is 0 Å². The van der Waals surface area contributed by atoms with Gasteiger partial charge in [-0.05, 0) is 53.4 Å². The first kappa shape index (κ1) is 13.5. The molecule has 0 aromatic heterocycles. The highest BCUT2D eigenvalue weighted by molar-refractivity contribution is 5.77. The zero-order chi connectivity index (χ0) is 12.3. The maximum atomic E-state index is 11.3. The van der Waals surface area contributed by atoms with Gasteiger partial charge in [-0.2, -0.15) is 0 Å². The molecule has 1 N–H and O–H groups in total. The number of likely N-dealkylation sites (tertiary alicyclic amines) is 1. The van der Waals surface area contributed by atoms with Gasteiger partial charge in [0, 0.05) is 6.04 Å². The second-order valence-electron chi connectivity index (χ2n) is 5.18. The Balaban J connectivity index is 2.71. The fraction of sp³-hybridized carbons (Fsp3) is 0.917. The number of rotatable bonds is 4. The van der Waals surface area contributed by atoms with Gasteiger partial charge in [0.1, 0.15) is 5.54 Å². The molecule has 0 aromatic carbocycles. The van der Waals surface area contributed by atoms with Crippen LogP contribution in [0.4, 0.5) is 0 Å². The van der Waals surface area contributed by atoms with Crippen molar-refractivity contribution in [3.05, 3.63) is 0 Å². The molecule has 0 spiro atoms. The maximum Gasteiger partial charge on any atom is 0.323 e. The van der Waals surface area contributed by atoms with E-state index in [9.17, 15) is 9.90 Å². The number of carboxylic acids is 1. The Morgan fingerprint density at radius 1 is 1.44 bits per heavy atom. The second-order valence-corrected chi connectivity index (χ2v) is 5.18. The molecule has 1 fully saturated rings. The summed E-state index contributed by atoms with van der Waals surface area (Å²) < 4.78 is 0. The molecular weight excluding hydrogens is 204 g/mol. The van der Waals surface area contributed by atoms with Crippen molar-refractivity contribution in [2.45, 2.75) is 45.2 Å². The highest BCUT2D eigenvalue weighted by atomic mass is 16.4. The predicted molar refractivity (Wildman–Crippen MR) is 64.6 cm³/mol. The molecule has 1 heterocycles. The molecule has 1 aliphatic heterocycles. The fourth-order valence-corrected chi connectivity index (χ4v) is 2.54. The smallest absolute Gasteiger partial charge is 0.323 e. The van der Waals surface area contributed by atoms with E-state index in [1.54, 1.807) is 13.8 Å². The van der Waals surface area contributed by atoms with Gasteiger partial charge in [0.05, 0.1) is 0 Å². The van der Waals surface area contributed by atoms with Gasteiger partial charge in [0.25, 0.3) is 0 Å². The molecule has 0 aliphatic carbocycles. The first-order valence-corrected chi connectivity index (χ1v) is 6.08.